The van der Waals surface area contributed by atoms with Crippen LogP contribution in [0.3, 0.4) is 0 Å². The Labute approximate surface area is 186 Å². The number of fused-ring (bicyclic) bond motifs is 1. The van der Waals surface area contributed by atoms with Crippen LogP contribution in [0.15, 0.2) is 57.2 Å². The quantitative estimate of drug-likeness (QED) is 0.392. The van der Waals surface area contributed by atoms with Gasteiger partial charge in [0.15, 0.2) is 5.82 Å². The molecule has 0 aliphatic heterocycles. The molecule has 0 fully saturated rings. The molecule has 0 saturated heterocycles. The number of hydrogen-bond donors (Lipinski definition) is 2. The summed E-state index contributed by atoms with van der Waals surface area (Å²) in [4.78, 5) is 16.7. The van der Waals surface area contributed by atoms with Crippen LogP contribution in [0, 0.1) is 12.7 Å². The van der Waals surface area contributed by atoms with E-state index in [1.807, 2.05) is 0 Å². The summed E-state index contributed by atoms with van der Waals surface area (Å²) < 4.78 is 53.6. The van der Waals surface area contributed by atoms with Crippen molar-refractivity contribution in [3.63, 3.8) is 0 Å². The van der Waals surface area contributed by atoms with Crippen LogP contribution in [-0.2, 0) is 16.6 Å². The molecule has 0 unspecified atom stereocenters. The fraction of sp³-hybridized carbons (Fsp3) is 0.143. The van der Waals surface area contributed by atoms with Gasteiger partial charge < -0.3 is 9.15 Å². The maximum absolute atomic E-state index is 14.9. The summed E-state index contributed by atoms with van der Waals surface area (Å²) in [6.45, 7) is 1.75. The summed E-state index contributed by atoms with van der Waals surface area (Å²) in [5.41, 5.74) is 0.572. The Bertz CT molecular complexity index is 1450. The van der Waals surface area contributed by atoms with Gasteiger partial charge in [0.25, 0.3) is 15.4 Å². The molecule has 2 heterocycles. The molecule has 4 rings (SSSR count). The van der Waals surface area contributed by atoms with Gasteiger partial charge in [0.2, 0.25) is 0 Å². The van der Waals surface area contributed by atoms with E-state index in [-0.39, 0.29) is 23.2 Å². The Kier molecular flexibility index (Phi) is 5.96. The van der Waals surface area contributed by atoms with Crippen molar-refractivity contribution in [2.75, 3.05) is 11.8 Å². The number of rotatable bonds is 7. The number of hydrogen-bond acceptors (Lipinski definition) is 7. The van der Waals surface area contributed by atoms with Gasteiger partial charge in [-0.2, -0.15) is 8.42 Å². The Morgan fingerprint density at radius 2 is 2.06 bits per heavy atom. The van der Waals surface area contributed by atoms with Crippen LogP contribution in [0.25, 0.3) is 11.0 Å². The number of halogens is 1. The van der Waals surface area contributed by atoms with Crippen LogP contribution >= 0.6 is 11.3 Å². The summed E-state index contributed by atoms with van der Waals surface area (Å²) >= 11 is 1.33. The highest BCUT2D eigenvalue weighted by molar-refractivity contribution is 7.90. The second-order valence-corrected chi connectivity index (χ2v) is 9.29. The normalized spacial score (nSPS) is 11.6. The van der Waals surface area contributed by atoms with Crippen molar-refractivity contribution in [1.82, 2.24) is 9.71 Å². The molecule has 32 heavy (non-hydrogen) atoms. The zero-order chi connectivity index (χ0) is 22.9. The first-order valence-electron chi connectivity index (χ1n) is 9.40. The van der Waals surface area contributed by atoms with Crippen molar-refractivity contribution in [2.45, 2.75) is 13.3 Å². The average Bonchev–Trinajstić information content (AvgIpc) is 3.26. The minimum absolute atomic E-state index is 0.0670. The third-order valence-electron chi connectivity index (χ3n) is 4.83. The molecule has 0 amide bonds. The molecule has 8 nitrogen and oxygen atoms in total. The maximum atomic E-state index is 14.9. The van der Waals surface area contributed by atoms with Crippen molar-refractivity contribution in [3.8, 4) is 10.9 Å². The first kappa shape index (κ1) is 21.9. The first-order valence-corrected chi connectivity index (χ1v) is 11.8. The highest BCUT2D eigenvalue weighted by Gasteiger charge is 2.18. The minimum atomic E-state index is -3.89. The molecule has 2 N–H and O–H groups in total. The molecule has 0 atom stereocenters. The Balaban J connectivity index is 1.69. The van der Waals surface area contributed by atoms with Crippen molar-refractivity contribution in [3.05, 3.63) is 80.9 Å². The lowest BCUT2D eigenvalue weighted by molar-refractivity contribution is 0.476. The van der Waals surface area contributed by atoms with Crippen molar-refractivity contribution < 1.29 is 22.0 Å². The maximum Gasteiger partial charge on any atom is 0.340 e. The molecule has 0 aliphatic carbocycles. The van der Waals surface area contributed by atoms with Gasteiger partial charge in [0.1, 0.15) is 11.3 Å². The van der Waals surface area contributed by atoms with E-state index in [9.17, 15) is 17.6 Å². The van der Waals surface area contributed by atoms with Gasteiger partial charge in [-0.3, -0.25) is 4.72 Å². The second kappa shape index (κ2) is 8.69. The van der Waals surface area contributed by atoms with Gasteiger partial charge in [-0.1, -0.05) is 23.5 Å². The average molecular weight is 476 g/mol. The molecule has 4 aromatic rings. The fourth-order valence-electron chi connectivity index (χ4n) is 3.19. The molecule has 166 valence electrons. The summed E-state index contributed by atoms with van der Waals surface area (Å²) in [6.07, 6.45) is 1.55. The highest BCUT2D eigenvalue weighted by atomic mass is 32.2. The van der Waals surface area contributed by atoms with E-state index in [1.54, 1.807) is 36.7 Å². The summed E-state index contributed by atoms with van der Waals surface area (Å²) in [5.74, 6) is -0.296. The van der Waals surface area contributed by atoms with Gasteiger partial charge in [-0.15, -0.1) is 0 Å². The van der Waals surface area contributed by atoms with Crippen LogP contribution in [-0.4, -0.2) is 20.4 Å². The van der Waals surface area contributed by atoms with E-state index in [0.29, 0.717) is 27.5 Å². The van der Waals surface area contributed by atoms with Crippen molar-refractivity contribution in [1.29, 1.82) is 0 Å². The number of ether oxygens (including phenoxy) is 1. The smallest absolute Gasteiger partial charge is 0.340 e. The van der Waals surface area contributed by atoms with Crippen LogP contribution in [0.2, 0.25) is 0 Å². The van der Waals surface area contributed by atoms with Crippen molar-refractivity contribution in [2.24, 2.45) is 0 Å². The van der Waals surface area contributed by atoms with E-state index < -0.39 is 21.7 Å². The number of thiazole rings is 1. The number of nitrogens with one attached hydrogen (secondary N) is 2. The monoisotopic (exact) mass is 475 g/mol. The molecule has 0 radical (unpaired) electrons. The van der Waals surface area contributed by atoms with Gasteiger partial charge in [-0.05, 0) is 36.2 Å². The third-order valence-corrected chi connectivity index (χ3v) is 6.51. The summed E-state index contributed by atoms with van der Waals surface area (Å²) in [7, 11) is -2.68. The standard InChI is InChI=1S/C21H18FN3O5S2/c1-12-15-7-6-14(29-21-24-8-9-31-21)11-18(15)30-20(26)16(12)10-13-4-3-5-17(19(13)22)25-32(27,28)23-2/h3-9,11,23,25H,10H2,1-2H3. The molecule has 0 bridgehead atoms. The summed E-state index contributed by atoms with van der Waals surface area (Å²) in [5, 5.41) is 2.92. The van der Waals surface area contributed by atoms with Crippen LogP contribution in [0.4, 0.5) is 10.1 Å². The zero-order valence-corrected chi connectivity index (χ0v) is 18.6. The molecular weight excluding hydrogens is 457 g/mol. The SMILES string of the molecule is CNS(=O)(=O)Nc1cccc(Cc2c(C)c3ccc(Oc4nccs4)cc3oc2=O)c1F. The largest absolute Gasteiger partial charge is 0.431 e. The van der Waals surface area contributed by atoms with E-state index in [1.165, 1.54) is 36.6 Å². The van der Waals surface area contributed by atoms with Crippen LogP contribution in [0.1, 0.15) is 16.7 Å². The van der Waals surface area contributed by atoms with E-state index in [4.69, 9.17) is 9.15 Å². The van der Waals surface area contributed by atoms with Crippen LogP contribution in [0.5, 0.6) is 10.9 Å². The fourth-order valence-corrected chi connectivity index (χ4v) is 4.24. The zero-order valence-electron chi connectivity index (χ0n) is 17.0. The lowest BCUT2D eigenvalue weighted by Crippen LogP contribution is -2.27. The third kappa shape index (κ3) is 4.49. The number of anilines is 1. The number of nitrogens with zero attached hydrogens (tertiary/aromatic N) is 1. The topological polar surface area (TPSA) is 111 Å². The molecular formula is C21H18FN3O5S2. The molecule has 0 aliphatic rings. The Morgan fingerprint density at radius 1 is 1.25 bits per heavy atom. The number of benzene rings is 2. The van der Waals surface area contributed by atoms with Crippen molar-refractivity contribution >= 4 is 38.2 Å². The van der Waals surface area contributed by atoms with E-state index in [2.05, 4.69) is 14.4 Å². The Hall–Kier alpha value is -3.28. The van der Waals surface area contributed by atoms with Gasteiger partial charge in [0, 0.05) is 42.1 Å². The molecule has 2 aromatic carbocycles. The van der Waals surface area contributed by atoms with Gasteiger partial charge >= 0.3 is 5.63 Å². The minimum Gasteiger partial charge on any atom is -0.431 e. The predicted molar refractivity (Wildman–Crippen MR) is 120 cm³/mol. The van der Waals surface area contributed by atoms with Gasteiger partial charge in [0.05, 0.1) is 5.69 Å². The number of aryl methyl sites for hydroxylation is 1. The first-order chi connectivity index (χ1) is 15.3. The van der Waals surface area contributed by atoms with Crippen LogP contribution < -0.4 is 19.8 Å². The molecule has 0 spiro atoms. The van der Waals surface area contributed by atoms with Gasteiger partial charge in [-0.25, -0.2) is 18.9 Å². The van der Waals surface area contributed by atoms with E-state index in [0.717, 1.165) is 0 Å². The van der Waals surface area contributed by atoms with E-state index >= 15 is 0 Å². The molecule has 2 aromatic heterocycles. The molecule has 0 saturated carbocycles. The molecule has 11 heteroatoms. The predicted octanol–water partition coefficient (Wildman–Crippen LogP) is 3.96. The summed E-state index contributed by atoms with van der Waals surface area (Å²) in [6, 6.07) is 9.38. The number of aromatic nitrogens is 1. The highest BCUT2D eigenvalue weighted by Crippen LogP contribution is 2.29. The lowest BCUT2D eigenvalue weighted by atomic mass is 9.99. The second-order valence-electron chi connectivity index (χ2n) is 6.82. The lowest BCUT2D eigenvalue weighted by Gasteiger charge is -2.12. The Morgan fingerprint density at radius 3 is 2.78 bits per heavy atom.